The molecule has 1 aliphatic heterocycles. The molecule has 17 heavy (non-hydrogen) atoms. The lowest BCUT2D eigenvalue weighted by Gasteiger charge is -2.12. The molecule has 1 unspecified atom stereocenters. The van der Waals surface area contributed by atoms with Gasteiger partial charge in [0.25, 0.3) is 0 Å². The van der Waals surface area contributed by atoms with Gasteiger partial charge in [0.15, 0.2) is 0 Å². The average Bonchev–Trinajstić information content (AvgIpc) is 2.59. The Balaban J connectivity index is 1.96. The second-order valence-corrected chi connectivity index (χ2v) is 4.65. The highest BCUT2D eigenvalue weighted by Crippen LogP contribution is 2.15. The Morgan fingerprint density at radius 2 is 2.35 bits per heavy atom. The standard InChI is InChI=1S/C12H14ClFN2O/c1-16-5-4-11(12(16)17)15-7-8-2-3-9(13)6-10(8)14/h2-3,6,11,15H,4-5,7H2,1H3. The molecule has 2 rings (SSSR count). The topological polar surface area (TPSA) is 32.3 Å². The summed E-state index contributed by atoms with van der Waals surface area (Å²) >= 11 is 5.67. The van der Waals surface area contributed by atoms with Crippen LogP contribution < -0.4 is 5.32 Å². The molecule has 1 N–H and O–H groups in total. The van der Waals surface area contributed by atoms with Crippen LogP contribution in [-0.4, -0.2) is 30.4 Å². The van der Waals surface area contributed by atoms with Crippen molar-refractivity contribution in [1.82, 2.24) is 10.2 Å². The molecule has 1 saturated heterocycles. The summed E-state index contributed by atoms with van der Waals surface area (Å²) in [7, 11) is 1.77. The number of benzene rings is 1. The van der Waals surface area contributed by atoms with E-state index in [9.17, 15) is 9.18 Å². The lowest BCUT2D eigenvalue weighted by Crippen LogP contribution is -2.36. The fraction of sp³-hybridized carbons (Fsp3) is 0.417. The molecule has 1 aromatic rings. The first-order valence-corrected chi connectivity index (χ1v) is 5.88. The fourth-order valence-electron chi connectivity index (χ4n) is 1.91. The maximum atomic E-state index is 13.5. The summed E-state index contributed by atoms with van der Waals surface area (Å²) in [4.78, 5) is 13.3. The minimum atomic E-state index is -0.344. The third-order valence-corrected chi connectivity index (χ3v) is 3.22. The summed E-state index contributed by atoms with van der Waals surface area (Å²) in [5.41, 5.74) is 0.525. The minimum Gasteiger partial charge on any atom is -0.344 e. The number of likely N-dealkylation sites (N-methyl/N-ethyl adjacent to an activating group) is 1. The summed E-state index contributed by atoms with van der Waals surface area (Å²) in [6.45, 7) is 1.09. The zero-order valence-corrected chi connectivity index (χ0v) is 10.3. The number of likely N-dealkylation sites (tertiary alicyclic amines) is 1. The summed E-state index contributed by atoms with van der Waals surface area (Å²) < 4.78 is 13.5. The number of carbonyl (C=O) groups excluding carboxylic acids is 1. The molecule has 1 amide bonds. The van der Waals surface area contributed by atoms with Crippen molar-refractivity contribution in [1.29, 1.82) is 0 Å². The zero-order chi connectivity index (χ0) is 12.4. The van der Waals surface area contributed by atoms with Gasteiger partial charge >= 0.3 is 0 Å². The molecule has 1 aliphatic rings. The number of halogens is 2. The van der Waals surface area contributed by atoms with Crippen LogP contribution in [-0.2, 0) is 11.3 Å². The molecule has 0 saturated carbocycles. The smallest absolute Gasteiger partial charge is 0.239 e. The number of hydrogen-bond acceptors (Lipinski definition) is 2. The second kappa shape index (κ2) is 5.02. The van der Waals surface area contributed by atoms with E-state index in [0.29, 0.717) is 17.1 Å². The van der Waals surface area contributed by atoms with Crippen LogP contribution in [0.2, 0.25) is 5.02 Å². The first-order chi connectivity index (χ1) is 8.08. The third-order valence-electron chi connectivity index (χ3n) is 2.98. The van der Waals surface area contributed by atoms with E-state index in [1.807, 2.05) is 0 Å². The van der Waals surface area contributed by atoms with Gasteiger partial charge in [-0.25, -0.2) is 4.39 Å². The molecule has 92 valence electrons. The van der Waals surface area contributed by atoms with Crippen LogP contribution in [0.5, 0.6) is 0 Å². The maximum Gasteiger partial charge on any atom is 0.239 e. The number of amides is 1. The highest BCUT2D eigenvalue weighted by molar-refractivity contribution is 6.30. The molecule has 1 heterocycles. The number of nitrogens with zero attached hydrogens (tertiary/aromatic N) is 1. The lowest BCUT2D eigenvalue weighted by molar-refractivity contribution is -0.128. The fourth-order valence-corrected chi connectivity index (χ4v) is 2.07. The second-order valence-electron chi connectivity index (χ2n) is 4.22. The number of hydrogen-bond donors (Lipinski definition) is 1. The van der Waals surface area contributed by atoms with E-state index in [1.165, 1.54) is 6.07 Å². The van der Waals surface area contributed by atoms with E-state index in [2.05, 4.69) is 5.32 Å². The van der Waals surface area contributed by atoms with Crippen molar-refractivity contribution < 1.29 is 9.18 Å². The van der Waals surface area contributed by atoms with E-state index in [0.717, 1.165) is 13.0 Å². The van der Waals surface area contributed by atoms with Crippen molar-refractivity contribution in [2.75, 3.05) is 13.6 Å². The molecule has 1 atom stereocenters. The molecule has 3 nitrogen and oxygen atoms in total. The van der Waals surface area contributed by atoms with Crippen molar-refractivity contribution in [3.8, 4) is 0 Å². The Labute approximate surface area is 105 Å². The van der Waals surface area contributed by atoms with Crippen LogP contribution in [0, 0.1) is 5.82 Å². The monoisotopic (exact) mass is 256 g/mol. The van der Waals surface area contributed by atoms with Crippen molar-refractivity contribution in [2.24, 2.45) is 0 Å². The van der Waals surface area contributed by atoms with Gasteiger partial charge in [0.1, 0.15) is 5.82 Å². The summed E-state index contributed by atoms with van der Waals surface area (Å²) in [5.74, 6) is -0.275. The highest BCUT2D eigenvalue weighted by Gasteiger charge is 2.28. The molecule has 5 heteroatoms. The zero-order valence-electron chi connectivity index (χ0n) is 9.54. The van der Waals surface area contributed by atoms with E-state index < -0.39 is 0 Å². The Kier molecular flexibility index (Phi) is 3.64. The average molecular weight is 257 g/mol. The SMILES string of the molecule is CN1CCC(NCc2ccc(Cl)cc2F)C1=O. The van der Waals surface area contributed by atoms with Gasteiger partial charge < -0.3 is 10.2 Å². The van der Waals surface area contributed by atoms with Crippen LogP contribution in [0.4, 0.5) is 4.39 Å². The number of carbonyl (C=O) groups is 1. The highest BCUT2D eigenvalue weighted by atomic mass is 35.5. The van der Waals surface area contributed by atoms with Gasteiger partial charge in [-0.3, -0.25) is 4.79 Å². The number of nitrogens with one attached hydrogen (secondary N) is 1. The van der Waals surface area contributed by atoms with E-state index in [-0.39, 0.29) is 17.8 Å². The normalized spacial score (nSPS) is 20.1. The Morgan fingerprint density at radius 1 is 1.59 bits per heavy atom. The van der Waals surface area contributed by atoms with Gasteiger partial charge in [-0.1, -0.05) is 17.7 Å². The van der Waals surface area contributed by atoms with Crippen molar-refractivity contribution in [2.45, 2.75) is 19.0 Å². The molecule has 0 radical (unpaired) electrons. The van der Waals surface area contributed by atoms with Gasteiger partial charge in [0.2, 0.25) is 5.91 Å². The molecular formula is C12H14ClFN2O. The van der Waals surface area contributed by atoms with E-state index >= 15 is 0 Å². The van der Waals surface area contributed by atoms with Crippen molar-refractivity contribution in [3.63, 3.8) is 0 Å². The van der Waals surface area contributed by atoms with E-state index in [4.69, 9.17) is 11.6 Å². The largest absolute Gasteiger partial charge is 0.344 e. The molecule has 0 aliphatic carbocycles. The lowest BCUT2D eigenvalue weighted by atomic mass is 10.2. The van der Waals surface area contributed by atoms with Gasteiger partial charge in [0, 0.05) is 30.7 Å². The summed E-state index contributed by atoms with van der Waals surface area (Å²) in [6, 6.07) is 4.36. The molecule has 0 spiro atoms. The third kappa shape index (κ3) is 2.76. The Morgan fingerprint density at radius 3 is 2.94 bits per heavy atom. The molecule has 1 aromatic carbocycles. The van der Waals surface area contributed by atoms with Crippen LogP contribution in [0.25, 0.3) is 0 Å². The van der Waals surface area contributed by atoms with Crippen LogP contribution in [0.3, 0.4) is 0 Å². The predicted octanol–water partition coefficient (Wildman–Crippen LogP) is 1.80. The predicted molar refractivity (Wildman–Crippen MR) is 64.3 cm³/mol. The molecule has 0 bridgehead atoms. The van der Waals surface area contributed by atoms with Crippen LogP contribution >= 0.6 is 11.6 Å². The van der Waals surface area contributed by atoms with Gasteiger partial charge in [-0.05, 0) is 18.6 Å². The van der Waals surface area contributed by atoms with Crippen molar-refractivity contribution >= 4 is 17.5 Å². The Bertz CT molecular complexity index is 439. The summed E-state index contributed by atoms with van der Waals surface area (Å²) in [6.07, 6.45) is 0.768. The number of rotatable bonds is 3. The van der Waals surface area contributed by atoms with Gasteiger partial charge in [-0.15, -0.1) is 0 Å². The maximum absolute atomic E-state index is 13.5. The molecular weight excluding hydrogens is 243 g/mol. The molecule has 1 fully saturated rings. The van der Waals surface area contributed by atoms with E-state index in [1.54, 1.807) is 24.1 Å². The quantitative estimate of drug-likeness (QED) is 0.895. The first-order valence-electron chi connectivity index (χ1n) is 5.50. The minimum absolute atomic E-state index is 0.0689. The first kappa shape index (κ1) is 12.3. The van der Waals surface area contributed by atoms with Crippen LogP contribution in [0.1, 0.15) is 12.0 Å². The van der Waals surface area contributed by atoms with Crippen molar-refractivity contribution in [3.05, 3.63) is 34.6 Å². The van der Waals surface area contributed by atoms with Crippen LogP contribution in [0.15, 0.2) is 18.2 Å². The van der Waals surface area contributed by atoms with Gasteiger partial charge in [0.05, 0.1) is 6.04 Å². The summed E-state index contributed by atoms with van der Waals surface area (Å²) in [5, 5.41) is 3.44. The molecule has 0 aromatic heterocycles. The Hall–Kier alpha value is -1.13. The van der Waals surface area contributed by atoms with Gasteiger partial charge in [-0.2, -0.15) is 0 Å².